The second-order valence-corrected chi connectivity index (χ2v) is 6.21. The van der Waals surface area contributed by atoms with E-state index in [2.05, 4.69) is 21.3 Å². The summed E-state index contributed by atoms with van der Waals surface area (Å²) in [6.45, 7) is 1.37. The Balaban J connectivity index is 1.68. The van der Waals surface area contributed by atoms with Crippen LogP contribution in [0.25, 0.3) is 0 Å². The first kappa shape index (κ1) is 18.8. The van der Waals surface area contributed by atoms with Gasteiger partial charge in [-0.15, -0.1) is 6.42 Å². The van der Waals surface area contributed by atoms with Crippen LogP contribution in [0.2, 0.25) is 0 Å². The molecule has 0 radical (unpaired) electrons. The number of aromatic nitrogens is 3. The van der Waals surface area contributed by atoms with Gasteiger partial charge >= 0.3 is 6.18 Å². The van der Waals surface area contributed by atoms with Crippen LogP contribution in [0.4, 0.5) is 19.0 Å². The van der Waals surface area contributed by atoms with E-state index in [9.17, 15) is 18.0 Å². The van der Waals surface area contributed by atoms with Gasteiger partial charge in [0, 0.05) is 25.5 Å². The smallest absolute Gasteiger partial charge is 0.354 e. The Morgan fingerprint density at radius 1 is 1.37 bits per heavy atom. The average Bonchev–Trinajstić information content (AvgIpc) is 3.17. The summed E-state index contributed by atoms with van der Waals surface area (Å²) in [6, 6.07) is 4.18. The van der Waals surface area contributed by atoms with E-state index >= 15 is 0 Å². The lowest BCUT2D eigenvalue weighted by Gasteiger charge is -2.33. The van der Waals surface area contributed by atoms with Crippen molar-refractivity contribution in [1.29, 1.82) is 0 Å². The summed E-state index contributed by atoms with van der Waals surface area (Å²) in [4.78, 5) is 18.1. The molecule has 1 aliphatic heterocycles. The first-order valence-electron chi connectivity index (χ1n) is 8.43. The molecule has 0 aromatic carbocycles. The predicted octanol–water partition coefficient (Wildman–Crippen LogP) is 2.50. The number of halogens is 3. The zero-order valence-corrected chi connectivity index (χ0v) is 14.4. The monoisotopic (exact) mass is 377 g/mol. The van der Waals surface area contributed by atoms with Crippen molar-refractivity contribution in [3.8, 4) is 12.3 Å². The minimum absolute atomic E-state index is 0.137. The molecule has 0 aliphatic carbocycles. The molecule has 9 heteroatoms. The highest BCUT2D eigenvalue weighted by Crippen LogP contribution is 2.30. The summed E-state index contributed by atoms with van der Waals surface area (Å²) >= 11 is 0. The van der Waals surface area contributed by atoms with Crippen molar-refractivity contribution < 1.29 is 18.0 Å². The predicted molar refractivity (Wildman–Crippen MR) is 93.1 cm³/mol. The molecule has 2 aromatic rings. The molecule has 142 valence electrons. The number of hydrogen-bond donors (Lipinski definition) is 1. The molecule has 0 saturated carbocycles. The molecule has 0 spiro atoms. The van der Waals surface area contributed by atoms with Crippen LogP contribution in [-0.4, -0.2) is 40.3 Å². The zero-order valence-electron chi connectivity index (χ0n) is 14.4. The molecule has 1 saturated heterocycles. The van der Waals surface area contributed by atoms with Crippen LogP contribution in [0.15, 0.2) is 30.6 Å². The summed E-state index contributed by atoms with van der Waals surface area (Å²) in [6.07, 6.45) is 5.02. The van der Waals surface area contributed by atoms with Gasteiger partial charge in [-0.1, -0.05) is 5.92 Å². The van der Waals surface area contributed by atoms with Crippen LogP contribution in [-0.2, 0) is 6.18 Å². The Labute approximate surface area is 154 Å². The van der Waals surface area contributed by atoms with E-state index in [0.29, 0.717) is 17.9 Å². The van der Waals surface area contributed by atoms with Gasteiger partial charge in [0.25, 0.3) is 5.91 Å². The third-order valence-electron chi connectivity index (χ3n) is 4.35. The number of alkyl halides is 3. The molecular formula is C18H18F3N5O. The largest absolute Gasteiger partial charge is 0.435 e. The van der Waals surface area contributed by atoms with Crippen molar-refractivity contribution in [2.24, 2.45) is 0 Å². The highest BCUT2D eigenvalue weighted by atomic mass is 19.4. The quantitative estimate of drug-likeness (QED) is 0.832. The van der Waals surface area contributed by atoms with Crippen molar-refractivity contribution in [2.45, 2.75) is 25.1 Å². The van der Waals surface area contributed by atoms with Crippen molar-refractivity contribution in [1.82, 2.24) is 20.1 Å². The van der Waals surface area contributed by atoms with E-state index < -0.39 is 11.9 Å². The van der Waals surface area contributed by atoms with Crippen LogP contribution in [0.5, 0.6) is 0 Å². The van der Waals surface area contributed by atoms with Crippen molar-refractivity contribution in [2.75, 3.05) is 24.5 Å². The second kappa shape index (κ2) is 7.70. The molecule has 2 aromatic heterocycles. The van der Waals surface area contributed by atoms with Gasteiger partial charge in [-0.05, 0) is 31.0 Å². The van der Waals surface area contributed by atoms with Gasteiger partial charge in [-0.25, -0.2) is 4.98 Å². The lowest BCUT2D eigenvalue weighted by atomic mass is 10.1. The number of piperidine rings is 1. The molecule has 3 rings (SSSR count). The number of nitrogens with one attached hydrogen (secondary N) is 1. The van der Waals surface area contributed by atoms with Gasteiger partial charge in [0.2, 0.25) is 0 Å². The lowest BCUT2D eigenvalue weighted by Crippen LogP contribution is -2.37. The van der Waals surface area contributed by atoms with Gasteiger partial charge in [0.1, 0.15) is 5.82 Å². The second-order valence-electron chi connectivity index (χ2n) is 6.21. The molecule has 3 heterocycles. The van der Waals surface area contributed by atoms with Crippen LogP contribution in [0.3, 0.4) is 0 Å². The van der Waals surface area contributed by atoms with E-state index in [-0.39, 0.29) is 18.5 Å². The summed E-state index contributed by atoms with van der Waals surface area (Å²) in [5, 5.41) is 6.23. The highest BCUT2D eigenvalue weighted by molar-refractivity contribution is 5.94. The first-order chi connectivity index (χ1) is 12.9. The maximum absolute atomic E-state index is 12.8. The molecule has 1 atom stereocenters. The van der Waals surface area contributed by atoms with Gasteiger partial charge in [-0.2, -0.15) is 18.3 Å². The molecule has 6 nitrogen and oxygen atoms in total. The number of rotatable bonds is 4. The molecule has 0 bridgehead atoms. The van der Waals surface area contributed by atoms with Crippen LogP contribution < -0.4 is 10.2 Å². The molecule has 1 fully saturated rings. The fourth-order valence-electron chi connectivity index (χ4n) is 3.01. The zero-order chi connectivity index (χ0) is 19.4. The highest BCUT2D eigenvalue weighted by Gasteiger charge is 2.34. The number of anilines is 1. The van der Waals surface area contributed by atoms with E-state index in [1.165, 1.54) is 17.1 Å². The Hall–Kier alpha value is -3.02. The molecule has 1 aliphatic rings. The van der Waals surface area contributed by atoms with Crippen LogP contribution in [0, 0.1) is 12.3 Å². The Kier molecular flexibility index (Phi) is 5.35. The SMILES string of the molecule is C#CCNC(=O)c1ccc(N2CCCC(n3ccc(C(F)(F)F)n3)C2)nc1. The Bertz CT molecular complexity index is 838. The van der Waals surface area contributed by atoms with Gasteiger partial charge in [0.15, 0.2) is 5.69 Å². The Morgan fingerprint density at radius 2 is 2.19 bits per heavy atom. The van der Waals surface area contributed by atoms with E-state index in [4.69, 9.17) is 6.42 Å². The van der Waals surface area contributed by atoms with Gasteiger partial charge in [-0.3, -0.25) is 9.48 Å². The minimum Gasteiger partial charge on any atom is -0.354 e. The molecule has 27 heavy (non-hydrogen) atoms. The van der Waals surface area contributed by atoms with E-state index in [1.807, 2.05) is 4.90 Å². The summed E-state index contributed by atoms with van der Waals surface area (Å²) in [7, 11) is 0. The minimum atomic E-state index is -4.45. The number of amides is 1. The van der Waals surface area contributed by atoms with E-state index in [1.54, 1.807) is 12.1 Å². The summed E-state index contributed by atoms with van der Waals surface area (Å²) < 4.78 is 39.6. The fourth-order valence-corrected chi connectivity index (χ4v) is 3.01. The molecule has 1 unspecified atom stereocenters. The van der Waals surface area contributed by atoms with Crippen molar-refractivity contribution in [3.63, 3.8) is 0 Å². The van der Waals surface area contributed by atoms with Gasteiger partial charge in [0.05, 0.1) is 18.2 Å². The molecular weight excluding hydrogens is 359 g/mol. The third kappa shape index (κ3) is 4.39. The molecule has 1 amide bonds. The normalized spacial score (nSPS) is 17.4. The van der Waals surface area contributed by atoms with Crippen LogP contribution >= 0.6 is 0 Å². The maximum Gasteiger partial charge on any atom is 0.435 e. The number of carbonyl (C=O) groups excluding carboxylic acids is 1. The average molecular weight is 377 g/mol. The number of pyridine rings is 1. The van der Waals surface area contributed by atoms with Crippen LogP contribution in [0.1, 0.15) is 34.9 Å². The lowest BCUT2D eigenvalue weighted by molar-refractivity contribution is -0.141. The maximum atomic E-state index is 12.8. The van der Waals surface area contributed by atoms with Gasteiger partial charge < -0.3 is 10.2 Å². The molecule has 1 N–H and O–H groups in total. The number of terminal acetylenes is 1. The number of hydrogen-bond acceptors (Lipinski definition) is 4. The standard InChI is InChI=1S/C18H18F3N5O/c1-2-8-22-17(27)13-5-6-16(23-11-13)25-9-3-4-14(12-25)26-10-7-15(24-26)18(19,20)21/h1,5-7,10-11,14H,3-4,8-9,12H2,(H,22,27). The van der Waals surface area contributed by atoms with E-state index in [0.717, 1.165) is 25.5 Å². The van der Waals surface area contributed by atoms with Crippen molar-refractivity contribution in [3.05, 3.63) is 41.9 Å². The number of carbonyl (C=O) groups is 1. The number of nitrogens with zero attached hydrogens (tertiary/aromatic N) is 4. The fraction of sp³-hybridized carbons (Fsp3) is 0.389. The van der Waals surface area contributed by atoms with Crippen molar-refractivity contribution >= 4 is 11.7 Å². The Morgan fingerprint density at radius 3 is 2.81 bits per heavy atom. The first-order valence-corrected chi connectivity index (χ1v) is 8.43. The topological polar surface area (TPSA) is 63.1 Å². The summed E-state index contributed by atoms with van der Waals surface area (Å²) in [5.74, 6) is 2.68. The third-order valence-corrected chi connectivity index (χ3v) is 4.35. The summed E-state index contributed by atoms with van der Waals surface area (Å²) in [5.41, 5.74) is -0.496.